The average molecular weight is 338 g/mol. The maximum absolute atomic E-state index is 14.7. The quantitative estimate of drug-likeness (QED) is 0.643. The van der Waals surface area contributed by atoms with Crippen molar-refractivity contribution in [3.63, 3.8) is 0 Å². The summed E-state index contributed by atoms with van der Waals surface area (Å²) >= 11 is 0. The molecule has 0 aliphatic carbocycles. The summed E-state index contributed by atoms with van der Waals surface area (Å²) in [6, 6.07) is 14.7. The van der Waals surface area contributed by atoms with Crippen molar-refractivity contribution in [3.05, 3.63) is 54.3 Å². The van der Waals surface area contributed by atoms with Crippen LogP contribution in [0.25, 0.3) is 22.3 Å². The van der Waals surface area contributed by atoms with Crippen LogP contribution in [0.2, 0.25) is 0 Å². The van der Waals surface area contributed by atoms with Gasteiger partial charge >= 0.3 is 7.12 Å². The third-order valence-corrected chi connectivity index (χ3v) is 5.22. The van der Waals surface area contributed by atoms with Crippen LogP contribution in [0.3, 0.4) is 0 Å². The van der Waals surface area contributed by atoms with Gasteiger partial charge in [-0.15, -0.1) is 0 Å². The predicted octanol–water partition coefficient (Wildman–Crippen LogP) is 4.54. The fourth-order valence-electron chi connectivity index (χ4n) is 2.97. The highest BCUT2D eigenvalue weighted by Gasteiger charge is 2.52. The Morgan fingerprint density at radius 1 is 0.880 bits per heavy atom. The Bertz CT molecular complexity index is 896. The Balaban J connectivity index is 1.68. The summed E-state index contributed by atoms with van der Waals surface area (Å²) in [5.41, 5.74) is 0.878. The van der Waals surface area contributed by atoms with E-state index < -0.39 is 18.3 Å². The number of hydrogen-bond acceptors (Lipinski definition) is 3. The number of halogens is 1. The molecule has 128 valence electrons. The smallest absolute Gasteiger partial charge is 0.456 e. The molecule has 0 radical (unpaired) electrons. The van der Waals surface area contributed by atoms with Crippen molar-refractivity contribution in [2.24, 2.45) is 0 Å². The van der Waals surface area contributed by atoms with Gasteiger partial charge in [0.25, 0.3) is 0 Å². The number of furan rings is 1. The minimum atomic E-state index is -0.713. The molecule has 0 atom stereocenters. The number of para-hydroxylation sites is 1. The van der Waals surface area contributed by atoms with Crippen molar-refractivity contribution < 1.29 is 18.1 Å². The van der Waals surface area contributed by atoms with Crippen LogP contribution in [0.1, 0.15) is 27.7 Å². The van der Waals surface area contributed by atoms with Gasteiger partial charge in [0.1, 0.15) is 17.2 Å². The van der Waals surface area contributed by atoms with Crippen molar-refractivity contribution in [1.82, 2.24) is 0 Å². The zero-order chi connectivity index (χ0) is 17.8. The largest absolute Gasteiger partial charge is 0.497 e. The van der Waals surface area contributed by atoms with Crippen LogP contribution in [0.4, 0.5) is 4.39 Å². The van der Waals surface area contributed by atoms with Crippen molar-refractivity contribution in [1.29, 1.82) is 0 Å². The lowest BCUT2D eigenvalue weighted by molar-refractivity contribution is 0.00578. The fourth-order valence-corrected chi connectivity index (χ4v) is 2.97. The Hall–Kier alpha value is -2.11. The molecule has 2 aromatic carbocycles. The molecule has 1 aliphatic rings. The summed E-state index contributed by atoms with van der Waals surface area (Å²) < 4.78 is 32.4. The Kier molecular flexibility index (Phi) is 3.57. The lowest BCUT2D eigenvalue weighted by atomic mass is 9.78. The molecular weight excluding hydrogens is 318 g/mol. The summed E-state index contributed by atoms with van der Waals surface area (Å²) in [5.74, 6) is 0.275. The molecule has 1 fully saturated rings. The van der Waals surface area contributed by atoms with Gasteiger partial charge in [0, 0.05) is 16.4 Å². The Labute approximate surface area is 146 Å². The van der Waals surface area contributed by atoms with Gasteiger partial charge in [-0.1, -0.05) is 30.3 Å². The number of benzene rings is 2. The summed E-state index contributed by atoms with van der Waals surface area (Å²) in [4.78, 5) is 0. The topological polar surface area (TPSA) is 31.6 Å². The van der Waals surface area contributed by atoms with E-state index in [1.165, 1.54) is 6.07 Å². The molecule has 0 bridgehead atoms. The molecule has 1 aromatic heterocycles. The molecule has 0 saturated carbocycles. The first kappa shape index (κ1) is 16.4. The molecule has 3 nitrogen and oxygen atoms in total. The van der Waals surface area contributed by atoms with Crippen LogP contribution in [-0.2, 0) is 9.31 Å². The minimum Gasteiger partial charge on any atom is -0.456 e. The fraction of sp³-hybridized carbons (Fsp3) is 0.300. The van der Waals surface area contributed by atoms with Gasteiger partial charge in [0.15, 0.2) is 0 Å². The SMILES string of the molecule is CC1(C)OB(c2ccc(-c3cc4ccccc4o3)cc2F)OC1(C)C. The molecule has 0 spiro atoms. The Morgan fingerprint density at radius 2 is 1.56 bits per heavy atom. The van der Waals surface area contributed by atoms with E-state index in [2.05, 4.69) is 0 Å². The second-order valence-corrected chi connectivity index (χ2v) is 7.47. The van der Waals surface area contributed by atoms with Crippen molar-refractivity contribution in [3.8, 4) is 11.3 Å². The zero-order valence-electron chi connectivity index (χ0n) is 14.8. The molecule has 0 unspecified atom stereocenters. The standard InChI is InChI=1S/C20H20BFO3/c1-19(2)20(3,4)25-21(24-19)15-10-9-14(11-16(15)22)18-12-13-7-5-6-8-17(13)23-18/h5-12H,1-4H3. The second kappa shape index (κ2) is 5.45. The van der Waals surface area contributed by atoms with Gasteiger partial charge < -0.3 is 13.7 Å². The van der Waals surface area contributed by atoms with Crippen LogP contribution < -0.4 is 5.46 Å². The molecule has 25 heavy (non-hydrogen) atoms. The van der Waals surface area contributed by atoms with E-state index in [1.54, 1.807) is 6.07 Å². The summed E-state index contributed by atoms with van der Waals surface area (Å²) in [6.45, 7) is 7.81. The van der Waals surface area contributed by atoms with Crippen molar-refractivity contribution >= 4 is 23.6 Å². The maximum Gasteiger partial charge on any atom is 0.497 e. The van der Waals surface area contributed by atoms with E-state index >= 15 is 0 Å². The first-order valence-electron chi connectivity index (χ1n) is 8.41. The summed E-state index contributed by atoms with van der Waals surface area (Å²) in [6.07, 6.45) is 0. The van der Waals surface area contributed by atoms with E-state index in [-0.39, 0.29) is 5.82 Å². The van der Waals surface area contributed by atoms with Gasteiger partial charge in [0.05, 0.1) is 11.2 Å². The summed E-state index contributed by atoms with van der Waals surface area (Å²) in [5, 5.41) is 0.993. The molecule has 4 rings (SSSR count). The molecule has 0 N–H and O–H groups in total. The third-order valence-electron chi connectivity index (χ3n) is 5.22. The molecule has 5 heteroatoms. The van der Waals surface area contributed by atoms with E-state index in [9.17, 15) is 4.39 Å². The lowest BCUT2D eigenvalue weighted by Crippen LogP contribution is -2.41. The van der Waals surface area contributed by atoms with Gasteiger partial charge in [0.2, 0.25) is 0 Å². The van der Waals surface area contributed by atoms with E-state index in [4.69, 9.17) is 13.7 Å². The number of fused-ring (bicyclic) bond motifs is 1. The Morgan fingerprint density at radius 3 is 2.20 bits per heavy atom. The second-order valence-electron chi connectivity index (χ2n) is 7.47. The lowest BCUT2D eigenvalue weighted by Gasteiger charge is -2.32. The molecule has 1 saturated heterocycles. The minimum absolute atomic E-state index is 0.364. The van der Waals surface area contributed by atoms with E-state index in [1.807, 2.05) is 64.1 Å². The highest BCUT2D eigenvalue weighted by molar-refractivity contribution is 6.62. The normalized spacial score (nSPS) is 18.8. The molecule has 1 aliphatic heterocycles. The number of hydrogen-bond donors (Lipinski definition) is 0. The monoisotopic (exact) mass is 338 g/mol. The van der Waals surface area contributed by atoms with Crippen LogP contribution in [0, 0.1) is 5.82 Å². The van der Waals surface area contributed by atoms with E-state index in [0.29, 0.717) is 16.8 Å². The third kappa shape index (κ3) is 2.68. The van der Waals surface area contributed by atoms with Gasteiger partial charge in [-0.2, -0.15) is 0 Å². The molecule has 2 heterocycles. The van der Waals surface area contributed by atoms with E-state index in [0.717, 1.165) is 11.0 Å². The predicted molar refractivity (Wildman–Crippen MR) is 97.3 cm³/mol. The van der Waals surface area contributed by atoms with Gasteiger partial charge in [-0.05, 0) is 45.9 Å². The zero-order valence-corrected chi connectivity index (χ0v) is 14.8. The van der Waals surface area contributed by atoms with Crippen LogP contribution in [-0.4, -0.2) is 18.3 Å². The molecular formula is C20H20BFO3. The van der Waals surface area contributed by atoms with Crippen molar-refractivity contribution in [2.45, 2.75) is 38.9 Å². The molecule has 0 amide bonds. The van der Waals surface area contributed by atoms with Crippen molar-refractivity contribution in [2.75, 3.05) is 0 Å². The average Bonchev–Trinajstić information content (AvgIpc) is 3.05. The first-order valence-corrected chi connectivity index (χ1v) is 8.41. The first-order chi connectivity index (χ1) is 11.8. The van der Waals surface area contributed by atoms with Crippen LogP contribution in [0.15, 0.2) is 52.9 Å². The van der Waals surface area contributed by atoms with Crippen LogP contribution in [0.5, 0.6) is 0 Å². The highest BCUT2D eigenvalue weighted by Crippen LogP contribution is 2.37. The highest BCUT2D eigenvalue weighted by atomic mass is 19.1. The summed E-state index contributed by atoms with van der Waals surface area (Å²) in [7, 11) is -0.713. The molecule has 3 aromatic rings. The van der Waals surface area contributed by atoms with Gasteiger partial charge in [-0.3, -0.25) is 0 Å². The maximum atomic E-state index is 14.7. The van der Waals surface area contributed by atoms with Crippen LogP contribution >= 0.6 is 0 Å². The van der Waals surface area contributed by atoms with Gasteiger partial charge in [-0.25, -0.2) is 4.39 Å². The number of rotatable bonds is 2.